The standard InChI is InChI=1S/C39H43N3O7/c1-39(2,3)49-38(45)42-21-19-41(20-22-42)23-24-47-31-16-18-35(48-27-28-11-7-5-8-12-28)33(26-31)36(43)40-34-25-30(29-13-9-6-10-14-29)15-17-32(34)37(44)46-4/h5-18,25-26H,19-24,27H2,1-4H3,(H,40,43). The predicted molar refractivity (Wildman–Crippen MR) is 188 cm³/mol. The SMILES string of the molecule is COC(=O)c1ccc(-c2ccccc2)cc1NC(=O)c1cc(OCCN2CCN(C(=O)OC(C)(C)C)CC2)ccc1OCc1ccccc1. The molecule has 0 atom stereocenters. The van der Waals surface area contributed by atoms with Gasteiger partial charge in [-0.15, -0.1) is 0 Å². The first kappa shape index (κ1) is 35.0. The molecule has 2 amide bonds. The third-order valence-electron chi connectivity index (χ3n) is 7.91. The molecule has 49 heavy (non-hydrogen) atoms. The molecule has 1 aliphatic heterocycles. The van der Waals surface area contributed by atoms with Crippen molar-refractivity contribution in [3.63, 3.8) is 0 Å². The number of ether oxygens (including phenoxy) is 4. The second-order valence-corrected chi connectivity index (χ2v) is 12.7. The van der Waals surface area contributed by atoms with E-state index < -0.39 is 17.5 Å². The molecule has 0 saturated carbocycles. The fourth-order valence-corrected chi connectivity index (χ4v) is 5.35. The van der Waals surface area contributed by atoms with Crippen LogP contribution >= 0.6 is 0 Å². The van der Waals surface area contributed by atoms with E-state index in [2.05, 4.69) is 10.2 Å². The number of anilines is 1. The summed E-state index contributed by atoms with van der Waals surface area (Å²) >= 11 is 0. The minimum absolute atomic E-state index is 0.224. The molecule has 256 valence electrons. The van der Waals surface area contributed by atoms with Gasteiger partial charge in [-0.25, -0.2) is 9.59 Å². The number of rotatable bonds is 11. The van der Waals surface area contributed by atoms with E-state index in [4.69, 9.17) is 18.9 Å². The molecule has 10 heteroatoms. The molecule has 1 saturated heterocycles. The second-order valence-electron chi connectivity index (χ2n) is 12.7. The second kappa shape index (κ2) is 16.2. The Bertz CT molecular complexity index is 1730. The van der Waals surface area contributed by atoms with E-state index in [1.807, 2.05) is 87.5 Å². The number of nitrogens with zero attached hydrogens (tertiary/aromatic N) is 2. The fourth-order valence-electron chi connectivity index (χ4n) is 5.35. The molecule has 0 aliphatic carbocycles. The zero-order chi connectivity index (χ0) is 34.8. The molecule has 4 aromatic rings. The van der Waals surface area contributed by atoms with E-state index in [9.17, 15) is 14.4 Å². The zero-order valence-electron chi connectivity index (χ0n) is 28.4. The number of benzene rings is 4. The van der Waals surface area contributed by atoms with Crippen LogP contribution in [0, 0.1) is 0 Å². The summed E-state index contributed by atoms with van der Waals surface area (Å²) in [6, 6.07) is 29.7. The molecule has 0 spiro atoms. The van der Waals surface area contributed by atoms with Crippen LogP contribution in [0.15, 0.2) is 97.1 Å². The monoisotopic (exact) mass is 665 g/mol. The minimum Gasteiger partial charge on any atom is -0.492 e. The summed E-state index contributed by atoms with van der Waals surface area (Å²) in [6.07, 6.45) is -0.297. The Labute approximate surface area is 287 Å². The van der Waals surface area contributed by atoms with Gasteiger partial charge in [0.15, 0.2) is 0 Å². The lowest BCUT2D eigenvalue weighted by atomic mass is 10.0. The summed E-state index contributed by atoms with van der Waals surface area (Å²) in [6.45, 7) is 9.41. The summed E-state index contributed by atoms with van der Waals surface area (Å²) in [5, 5.41) is 2.93. The molecule has 0 radical (unpaired) electrons. The topological polar surface area (TPSA) is 107 Å². The van der Waals surface area contributed by atoms with E-state index in [0.29, 0.717) is 56.5 Å². The van der Waals surface area contributed by atoms with E-state index >= 15 is 0 Å². The van der Waals surface area contributed by atoms with Crippen molar-refractivity contribution in [2.45, 2.75) is 33.0 Å². The molecule has 1 heterocycles. The summed E-state index contributed by atoms with van der Waals surface area (Å²) in [5.41, 5.74) is 2.96. The first-order chi connectivity index (χ1) is 23.6. The third-order valence-corrected chi connectivity index (χ3v) is 7.91. The van der Waals surface area contributed by atoms with Crippen molar-refractivity contribution in [1.29, 1.82) is 0 Å². The highest BCUT2D eigenvalue weighted by atomic mass is 16.6. The number of amides is 2. The van der Waals surface area contributed by atoms with E-state index in [1.165, 1.54) is 7.11 Å². The number of hydrogen-bond acceptors (Lipinski definition) is 8. The van der Waals surface area contributed by atoms with Crippen molar-refractivity contribution in [3.05, 3.63) is 114 Å². The Kier molecular flexibility index (Phi) is 11.5. The highest BCUT2D eigenvalue weighted by molar-refractivity contribution is 6.10. The zero-order valence-corrected chi connectivity index (χ0v) is 28.4. The lowest BCUT2D eigenvalue weighted by Gasteiger charge is -2.35. The average Bonchev–Trinajstić information content (AvgIpc) is 3.11. The lowest BCUT2D eigenvalue weighted by molar-refractivity contribution is 0.0136. The lowest BCUT2D eigenvalue weighted by Crippen LogP contribution is -2.50. The van der Waals surface area contributed by atoms with Gasteiger partial charge in [0.2, 0.25) is 0 Å². The van der Waals surface area contributed by atoms with Crippen molar-refractivity contribution >= 4 is 23.7 Å². The van der Waals surface area contributed by atoms with Crippen LogP contribution in [-0.4, -0.2) is 79.8 Å². The van der Waals surface area contributed by atoms with Crippen LogP contribution in [0.2, 0.25) is 0 Å². The van der Waals surface area contributed by atoms with Gasteiger partial charge in [0.05, 0.1) is 23.9 Å². The number of hydrogen-bond donors (Lipinski definition) is 1. The van der Waals surface area contributed by atoms with E-state index in [1.54, 1.807) is 35.2 Å². The number of carbonyl (C=O) groups is 3. The maximum Gasteiger partial charge on any atom is 0.410 e. The number of carbonyl (C=O) groups excluding carboxylic acids is 3. The molecular weight excluding hydrogens is 622 g/mol. The van der Waals surface area contributed by atoms with E-state index in [0.717, 1.165) is 16.7 Å². The molecule has 10 nitrogen and oxygen atoms in total. The quantitative estimate of drug-likeness (QED) is 0.173. The van der Waals surface area contributed by atoms with Gasteiger partial charge in [0.1, 0.15) is 30.3 Å². The normalized spacial score (nSPS) is 13.3. The number of methoxy groups -OCH3 is 1. The predicted octanol–water partition coefficient (Wildman–Crippen LogP) is 6.90. The van der Waals surface area contributed by atoms with Crippen molar-refractivity contribution in [2.75, 3.05) is 51.8 Å². The maximum absolute atomic E-state index is 14.0. The van der Waals surface area contributed by atoms with Gasteiger partial charge in [0.25, 0.3) is 5.91 Å². The van der Waals surface area contributed by atoms with Crippen LogP contribution in [0.5, 0.6) is 11.5 Å². The van der Waals surface area contributed by atoms with Crippen LogP contribution in [0.3, 0.4) is 0 Å². The Morgan fingerprint density at radius 3 is 2.12 bits per heavy atom. The molecule has 1 fully saturated rings. The highest BCUT2D eigenvalue weighted by Crippen LogP contribution is 2.30. The first-order valence-electron chi connectivity index (χ1n) is 16.3. The first-order valence-corrected chi connectivity index (χ1v) is 16.3. The number of nitrogens with one attached hydrogen (secondary N) is 1. The highest BCUT2D eigenvalue weighted by Gasteiger charge is 2.26. The van der Waals surface area contributed by atoms with Crippen LogP contribution in [0.4, 0.5) is 10.5 Å². The van der Waals surface area contributed by atoms with Crippen molar-refractivity contribution in [2.24, 2.45) is 0 Å². The van der Waals surface area contributed by atoms with Gasteiger partial charge in [0, 0.05) is 32.7 Å². The van der Waals surface area contributed by atoms with Gasteiger partial charge >= 0.3 is 12.1 Å². The van der Waals surface area contributed by atoms with Gasteiger partial charge in [-0.2, -0.15) is 0 Å². The van der Waals surface area contributed by atoms with Gasteiger partial charge in [-0.05, 0) is 67.8 Å². The molecule has 0 aromatic heterocycles. The largest absolute Gasteiger partial charge is 0.492 e. The molecule has 0 unspecified atom stereocenters. The van der Waals surface area contributed by atoms with Gasteiger partial charge in [-0.3, -0.25) is 9.69 Å². The van der Waals surface area contributed by atoms with Gasteiger partial charge in [-0.1, -0.05) is 66.7 Å². The summed E-state index contributed by atoms with van der Waals surface area (Å²) in [5.74, 6) is -0.178. The third kappa shape index (κ3) is 9.84. The fraction of sp³-hybridized carbons (Fsp3) is 0.308. The van der Waals surface area contributed by atoms with Crippen molar-refractivity contribution in [1.82, 2.24) is 9.80 Å². The number of esters is 1. The maximum atomic E-state index is 14.0. The van der Waals surface area contributed by atoms with Crippen LogP contribution < -0.4 is 14.8 Å². The Balaban J connectivity index is 1.31. The number of piperazine rings is 1. The van der Waals surface area contributed by atoms with Crippen LogP contribution in [0.1, 0.15) is 47.1 Å². The van der Waals surface area contributed by atoms with Crippen LogP contribution in [-0.2, 0) is 16.1 Å². The Hall–Kier alpha value is -5.35. The Morgan fingerprint density at radius 1 is 0.755 bits per heavy atom. The summed E-state index contributed by atoms with van der Waals surface area (Å²) in [7, 11) is 1.30. The molecule has 4 aromatic carbocycles. The van der Waals surface area contributed by atoms with Crippen molar-refractivity contribution in [3.8, 4) is 22.6 Å². The molecule has 5 rings (SSSR count). The van der Waals surface area contributed by atoms with Gasteiger partial charge < -0.3 is 29.2 Å². The smallest absolute Gasteiger partial charge is 0.410 e. The van der Waals surface area contributed by atoms with Crippen LogP contribution in [0.25, 0.3) is 11.1 Å². The summed E-state index contributed by atoms with van der Waals surface area (Å²) in [4.78, 5) is 43.0. The molecule has 1 N–H and O–H groups in total. The molecular formula is C39H43N3O7. The average molecular weight is 666 g/mol. The molecule has 0 bridgehead atoms. The molecule has 1 aliphatic rings. The summed E-state index contributed by atoms with van der Waals surface area (Å²) < 4.78 is 22.7. The minimum atomic E-state index is -0.570. The Morgan fingerprint density at radius 2 is 1.45 bits per heavy atom. The van der Waals surface area contributed by atoms with E-state index in [-0.39, 0.29) is 23.8 Å². The van der Waals surface area contributed by atoms with Crippen molar-refractivity contribution < 1.29 is 33.3 Å².